The number of carbonyl (C=O) groups is 2. The number of nitro benzene ring substituents is 1. The van der Waals surface area contributed by atoms with Gasteiger partial charge in [-0.05, 0) is 24.6 Å². The van der Waals surface area contributed by atoms with Gasteiger partial charge < -0.3 is 19.1 Å². The molecule has 0 fully saturated rings. The first-order chi connectivity index (χ1) is 12.9. The predicted octanol–water partition coefficient (Wildman–Crippen LogP) is 2.50. The van der Waals surface area contributed by atoms with E-state index in [-0.39, 0.29) is 30.8 Å². The van der Waals surface area contributed by atoms with Crippen molar-refractivity contribution >= 4 is 28.7 Å². The first-order valence-corrected chi connectivity index (χ1v) is 8.06. The number of hydrogen-bond acceptors (Lipinski definition) is 8. The van der Waals surface area contributed by atoms with Crippen LogP contribution in [0.25, 0.3) is 10.9 Å². The zero-order chi connectivity index (χ0) is 19.8. The van der Waals surface area contributed by atoms with E-state index in [9.17, 15) is 19.7 Å². The third kappa shape index (κ3) is 5.53. The smallest absolute Gasteiger partial charge is 0.412 e. The van der Waals surface area contributed by atoms with Crippen LogP contribution in [0.4, 0.5) is 10.5 Å². The van der Waals surface area contributed by atoms with Crippen molar-refractivity contribution in [3.05, 3.63) is 40.6 Å². The average molecular weight is 377 g/mol. The molecule has 0 atom stereocenters. The topological polar surface area (TPSA) is 121 Å². The van der Waals surface area contributed by atoms with Gasteiger partial charge in [0.1, 0.15) is 11.3 Å². The number of nitro groups is 1. The number of carbonyl (C=O) groups excluding carboxylic acids is 2. The molecule has 0 aliphatic carbocycles. The van der Waals surface area contributed by atoms with Crippen LogP contribution < -0.4 is 4.74 Å². The van der Waals surface area contributed by atoms with Crippen molar-refractivity contribution in [1.82, 2.24) is 9.88 Å². The molecule has 10 heteroatoms. The minimum absolute atomic E-state index is 0.0880. The quantitative estimate of drug-likeness (QED) is 0.226. The maximum Gasteiger partial charge on any atom is 0.412 e. The molecule has 144 valence electrons. The molecule has 10 nitrogen and oxygen atoms in total. The summed E-state index contributed by atoms with van der Waals surface area (Å²) in [5.41, 5.74) is 0.215. The molecule has 1 aromatic carbocycles. The number of nitrogens with zero attached hydrogens (tertiary/aromatic N) is 3. The molecule has 0 saturated heterocycles. The molecule has 1 aromatic heterocycles. The van der Waals surface area contributed by atoms with Crippen LogP contribution in [0, 0.1) is 10.1 Å². The highest BCUT2D eigenvalue weighted by Gasteiger charge is 2.16. The Morgan fingerprint density at radius 2 is 2.04 bits per heavy atom. The molecule has 27 heavy (non-hydrogen) atoms. The van der Waals surface area contributed by atoms with E-state index < -0.39 is 11.0 Å². The van der Waals surface area contributed by atoms with Crippen LogP contribution in [0.5, 0.6) is 5.75 Å². The molecule has 0 N–H and O–H groups in total. The number of non-ortho nitro benzene ring substituents is 1. The Labute approximate surface area is 154 Å². The van der Waals surface area contributed by atoms with Crippen LogP contribution in [-0.4, -0.2) is 53.9 Å². The Morgan fingerprint density at radius 3 is 2.74 bits per heavy atom. The summed E-state index contributed by atoms with van der Waals surface area (Å²) in [4.78, 5) is 38.5. The van der Waals surface area contributed by atoms with Crippen molar-refractivity contribution in [3.63, 3.8) is 0 Å². The minimum atomic E-state index is -0.614. The molecule has 0 aliphatic rings. The second-order valence-corrected chi connectivity index (χ2v) is 5.53. The fourth-order valence-electron chi connectivity index (χ4n) is 2.27. The van der Waals surface area contributed by atoms with Crippen LogP contribution in [-0.2, 0) is 14.3 Å². The number of esters is 1. The summed E-state index contributed by atoms with van der Waals surface area (Å²) in [5.74, 6) is -0.112. The van der Waals surface area contributed by atoms with Gasteiger partial charge in [0.15, 0.2) is 0 Å². The zero-order valence-corrected chi connectivity index (χ0v) is 14.9. The van der Waals surface area contributed by atoms with Gasteiger partial charge in [0.25, 0.3) is 5.69 Å². The normalized spacial score (nSPS) is 10.3. The summed E-state index contributed by atoms with van der Waals surface area (Å²) in [6.45, 7) is 1.49. The molecular weight excluding hydrogens is 358 g/mol. The standard InChI is InChI=1S/C17H19N3O7/c1-12(21)25-10-4-9-19(2)17(22)27-11-26-15-7-6-14(20(23)24)13-5-3-8-18-16(13)15/h3,5-8H,4,9-11H2,1-2H3. The van der Waals surface area contributed by atoms with Gasteiger partial charge in [-0.25, -0.2) is 4.79 Å². The Bertz CT molecular complexity index is 840. The van der Waals surface area contributed by atoms with E-state index in [1.807, 2.05) is 0 Å². The molecule has 0 spiro atoms. The van der Waals surface area contributed by atoms with Gasteiger partial charge in [0.2, 0.25) is 6.79 Å². The van der Waals surface area contributed by atoms with Crippen LogP contribution >= 0.6 is 0 Å². The van der Waals surface area contributed by atoms with Crippen molar-refractivity contribution in [2.45, 2.75) is 13.3 Å². The molecule has 2 aromatic rings. The summed E-state index contributed by atoms with van der Waals surface area (Å²) >= 11 is 0. The molecule has 0 bridgehead atoms. The lowest BCUT2D eigenvalue weighted by atomic mass is 10.1. The van der Waals surface area contributed by atoms with Crippen LogP contribution in [0.1, 0.15) is 13.3 Å². The van der Waals surface area contributed by atoms with Crippen molar-refractivity contribution in [1.29, 1.82) is 0 Å². The van der Waals surface area contributed by atoms with Crippen LogP contribution in [0.2, 0.25) is 0 Å². The Kier molecular flexibility index (Phi) is 6.86. The number of ether oxygens (including phenoxy) is 3. The molecule has 2 rings (SSSR count). The van der Waals surface area contributed by atoms with Gasteiger partial charge in [0.05, 0.1) is 16.9 Å². The van der Waals surface area contributed by atoms with Gasteiger partial charge >= 0.3 is 12.1 Å². The maximum atomic E-state index is 11.9. The zero-order valence-electron chi connectivity index (χ0n) is 14.9. The number of pyridine rings is 1. The van der Waals surface area contributed by atoms with Gasteiger partial charge in [0, 0.05) is 32.8 Å². The number of amides is 1. The van der Waals surface area contributed by atoms with E-state index in [4.69, 9.17) is 14.2 Å². The predicted molar refractivity (Wildman–Crippen MR) is 94.3 cm³/mol. The molecule has 0 saturated carbocycles. The van der Waals surface area contributed by atoms with Crippen molar-refractivity contribution in [3.8, 4) is 5.75 Å². The van der Waals surface area contributed by atoms with E-state index in [2.05, 4.69) is 4.98 Å². The highest BCUT2D eigenvalue weighted by molar-refractivity contribution is 5.92. The third-order valence-corrected chi connectivity index (χ3v) is 3.56. The summed E-state index contributed by atoms with van der Waals surface area (Å²) in [6, 6.07) is 5.87. The number of benzene rings is 1. The highest BCUT2D eigenvalue weighted by atomic mass is 16.7. The third-order valence-electron chi connectivity index (χ3n) is 3.56. The Morgan fingerprint density at radius 1 is 1.26 bits per heavy atom. The highest BCUT2D eigenvalue weighted by Crippen LogP contribution is 2.31. The van der Waals surface area contributed by atoms with Crippen LogP contribution in [0.3, 0.4) is 0 Å². The SMILES string of the molecule is CC(=O)OCCCN(C)C(=O)OCOc1ccc([N+](=O)[O-])c2cccnc12. The van der Waals surface area contributed by atoms with E-state index >= 15 is 0 Å². The molecule has 1 amide bonds. The van der Waals surface area contributed by atoms with Crippen molar-refractivity contribution in [2.24, 2.45) is 0 Å². The first kappa shape index (κ1) is 19.9. The van der Waals surface area contributed by atoms with E-state index in [0.29, 0.717) is 23.9 Å². The molecule has 0 unspecified atom stereocenters. The fraction of sp³-hybridized carbons (Fsp3) is 0.353. The summed E-state index contributed by atoms with van der Waals surface area (Å²) in [5, 5.41) is 11.4. The van der Waals surface area contributed by atoms with Gasteiger partial charge in [-0.2, -0.15) is 0 Å². The van der Waals surface area contributed by atoms with E-state index in [1.54, 1.807) is 19.2 Å². The number of hydrogen-bond donors (Lipinski definition) is 0. The average Bonchev–Trinajstić information content (AvgIpc) is 2.64. The van der Waals surface area contributed by atoms with Gasteiger partial charge in [-0.15, -0.1) is 0 Å². The summed E-state index contributed by atoms with van der Waals surface area (Å²) in [6.07, 6.45) is 1.35. The minimum Gasteiger partial charge on any atom is -0.466 e. The summed E-state index contributed by atoms with van der Waals surface area (Å²) in [7, 11) is 1.54. The van der Waals surface area contributed by atoms with Gasteiger partial charge in [-0.1, -0.05) is 0 Å². The van der Waals surface area contributed by atoms with E-state index in [1.165, 1.54) is 30.2 Å². The lowest BCUT2D eigenvalue weighted by molar-refractivity contribution is -0.383. The summed E-state index contributed by atoms with van der Waals surface area (Å²) < 4.78 is 15.2. The second kappa shape index (κ2) is 9.32. The van der Waals surface area contributed by atoms with Gasteiger partial charge in [-0.3, -0.25) is 19.9 Å². The molecule has 1 heterocycles. The first-order valence-electron chi connectivity index (χ1n) is 8.06. The largest absolute Gasteiger partial charge is 0.466 e. The van der Waals surface area contributed by atoms with Crippen LogP contribution in [0.15, 0.2) is 30.5 Å². The molecule has 0 aliphatic heterocycles. The van der Waals surface area contributed by atoms with Crippen molar-refractivity contribution < 1.29 is 28.7 Å². The molecular formula is C17H19N3O7. The Hall–Kier alpha value is -3.43. The van der Waals surface area contributed by atoms with Crippen molar-refractivity contribution in [2.75, 3.05) is 27.0 Å². The monoisotopic (exact) mass is 377 g/mol. The van der Waals surface area contributed by atoms with E-state index in [0.717, 1.165) is 0 Å². The lowest BCUT2D eigenvalue weighted by Crippen LogP contribution is -2.30. The number of rotatable bonds is 8. The number of fused-ring (bicyclic) bond motifs is 1. The lowest BCUT2D eigenvalue weighted by Gasteiger charge is -2.17. The number of aromatic nitrogens is 1. The second-order valence-electron chi connectivity index (χ2n) is 5.53. The maximum absolute atomic E-state index is 11.9. The Balaban J connectivity index is 1.90. The molecule has 0 radical (unpaired) electrons. The fourth-order valence-corrected chi connectivity index (χ4v) is 2.27.